The van der Waals surface area contributed by atoms with Gasteiger partial charge < -0.3 is 19.8 Å². The number of anilines is 2. The molecular formula is C17H17ClN2O2. The Hall–Kier alpha value is -2.33. The number of rotatable bonds is 6. The van der Waals surface area contributed by atoms with Crippen molar-refractivity contribution in [3.63, 3.8) is 0 Å². The molecule has 0 amide bonds. The van der Waals surface area contributed by atoms with Gasteiger partial charge in [0.25, 0.3) is 0 Å². The summed E-state index contributed by atoms with van der Waals surface area (Å²) in [5, 5.41) is 4.53. The monoisotopic (exact) mass is 316 g/mol. The molecule has 0 saturated heterocycles. The molecule has 1 heterocycles. The number of alkyl halides is 1. The minimum atomic E-state index is 0.434. The minimum absolute atomic E-state index is 0.434. The Morgan fingerprint density at radius 2 is 1.91 bits per heavy atom. The molecule has 3 aromatic rings. The van der Waals surface area contributed by atoms with Crippen LogP contribution < -0.4 is 14.8 Å². The average molecular weight is 317 g/mol. The van der Waals surface area contributed by atoms with Gasteiger partial charge in [0.15, 0.2) is 11.5 Å². The number of halogens is 1. The van der Waals surface area contributed by atoms with Crippen molar-refractivity contribution in [3.8, 4) is 11.5 Å². The zero-order valence-corrected chi connectivity index (χ0v) is 13.0. The average Bonchev–Trinajstić information content (AvgIpc) is 3.02. The third kappa shape index (κ3) is 2.83. The highest BCUT2D eigenvalue weighted by atomic mass is 35.5. The lowest BCUT2D eigenvalue weighted by Crippen LogP contribution is -2.02. The highest BCUT2D eigenvalue weighted by Crippen LogP contribution is 2.38. The lowest BCUT2D eigenvalue weighted by Gasteiger charge is -2.15. The highest BCUT2D eigenvalue weighted by Gasteiger charge is 2.11. The number of hydrogen-bond acceptors (Lipinski definition) is 3. The molecule has 0 spiro atoms. The predicted octanol–water partition coefficient (Wildman–Crippen LogP) is 4.54. The Kier molecular flexibility index (Phi) is 4.39. The van der Waals surface area contributed by atoms with Crippen molar-refractivity contribution < 1.29 is 9.47 Å². The summed E-state index contributed by atoms with van der Waals surface area (Å²) in [5.74, 6) is 1.78. The molecule has 3 rings (SSSR count). The van der Waals surface area contributed by atoms with Crippen LogP contribution >= 0.6 is 11.6 Å². The van der Waals surface area contributed by atoms with Gasteiger partial charge in [-0.15, -0.1) is 11.6 Å². The van der Waals surface area contributed by atoms with Gasteiger partial charge in [-0.05, 0) is 30.3 Å². The molecule has 0 aliphatic carbocycles. The summed E-state index contributed by atoms with van der Waals surface area (Å²) in [4.78, 5) is 3.20. The van der Waals surface area contributed by atoms with Gasteiger partial charge in [-0.2, -0.15) is 0 Å². The lowest BCUT2D eigenvalue weighted by molar-refractivity contribution is 0.313. The molecule has 0 saturated carbocycles. The van der Waals surface area contributed by atoms with Gasteiger partial charge in [0.2, 0.25) is 0 Å². The first-order chi connectivity index (χ1) is 10.8. The van der Waals surface area contributed by atoms with E-state index in [1.54, 1.807) is 7.11 Å². The second-order valence-electron chi connectivity index (χ2n) is 4.74. The summed E-state index contributed by atoms with van der Waals surface area (Å²) in [6, 6.07) is 13.9. The van der Waals surface area contributed by atoms with Gasteiger partial charge in [0.1, 0.15) is 6.61 Å². The summed E-state index contributed by atoms with van der Waals surface area (Å²) in [6.07, 6.45) is 1.92. The van der Waals surface area contributed by atoms with Crippen molar-refractivity contribution in [2.75, 3.05) is 24.9 Å². The molecule has 0 unspecified atom stereocenters. The molecule has 0 atom stereocenters. The molecule has 22 heavy (non-hydrogen) atoms. The summed E-state index contributed by atoms with van der Waals surface area (Å²) in [6.45, 7) is 0.439. The van der Waals surface area contributed by atoms with E-state index in [9.17, 15) is 0 Å². The molecule has 5 heteroatoms. The second-order valence-corrected chi connectivity index (χ2v) is 5.12. The number of aromatic nitrogens is 1. The number of methoxy groups -OCH3 is 1. The Morgan fingerprint density at radius 3 is 2.73 bits per heavy atom. The van der Waals surface area contributed by atoms with Crippen LogP contribution in [0, 0.1) is 0 Å². The van der Waals surface area contributed by atoms with E-state index in [0.29, 0.717) is 24.0 Å². The van der Waals surface area contributed by atoms with Gasteiger partial charge in [-0.1, -0.05) is 12.1 Å². The van der Waals surface area contributed by atoms with Gasteiger partial charge in [-0.25, -0.2) is 0 Å². The summed E-state index contributed by atoms with van der Waals surface area (Å²) in [7, 11) is 1.63. The van der Waals surface area contributed by atoms with Crippen molar-refractivity contribution in [2.24, 2.45) is 0 Å². The number of nitrogens with one attached hydrogen (secondary N) is 2. The van der Waals surface area contributed by atoms with Gasteiger partial charge in [0, 0.05) is 22.8 Å². The van der Waals surface area contributed by atoms with Gasteiger partial charge in [0.05, 0.1) is 18.7 Å². The predicted molar refractivity (Wildman–Crippen MR) is 90.8 cm³/mol. The first-order valence-corrected chi connectivity index (χ1v) is 7.56. The molecule has 2 aromatic carbocycles. The quantitative estimate of drug-likeness (QED) is 0.656. The van der Waals surface area contributed by atoms with Crippen molar-refractivity contribution in [1.82, 2.24) is 4.98 Å². The molecule has 1 aromatic heterocycles. The van der Waals surface area contributed by atoms with Crippen molar-refractivity contribution in [1.29, 1.82) is 0 Å². The maximum atomic E-state index is 5.68. The standard InChI is InChI=1S/C17H17ClN2O2/c1-21-17-15(6-3-7-16(17)22-11-9-18)20-14-5-2-4-13-12(14)8-10-19-13/h2-8,10,19-20H,9,11H2,1H3. The largest absolute Gasteiger partial charge is 0.491 e. The fourth-order valence-electron chi connectivity index (χ4n) is 2.43. The molecular weight excluding hydrogens is 300 g/mol. The SMILES string of the molecule is COc1c(Nc2cccc3[nH]ccc23)cccc1OCCCl. The van der Waals surface area contributed by atoms with E-state index in [2.05, 4.69) is 10.3 Å². The fraction of sp³-hybridized carbons (Fsp3) is 0.176. The molecule has 0 bridgehead atoms. The summed E-state index contributed by atoms with van der Waals surface area (Å²) < 4.78 is 11.1. The molecule has 114 valence electrons. The fourth-order valence-corrected chi connectivity index (χ4v) is 2.50. The van der Waals surface area contributed by atoms with E-state index in [1.807, 2.05) is 48.7 Å². The number of para-hydroxylation sites is 1. The molecule has 4 nitrogen and oxygen atoms in total. The van der Waals surface area contributed by atoms with Crippen molar-refractivity contribution >= 4 is 33.9 Å². The van der Waals surface area contributed by atoms with E-state index in [4.69, 9.17) is 21.1 Å². The molecule has 0 aliphatic rings. The number of hydrogen-bond donors (Lipinski definition) is 2. The van der Waals surface area contributed by atoms with Crippen LogP contribution in [0.15, 0.2) is 48.7 Å². The van der Waals surface area contributed by atoms with E-state index in [0.717, 1.165) is 22.3 Å². The van der Waals surface area contributed by atoms with Crippen LogP contribution in [0.5, 0.6) is 11.5 Å². The maximum Gasteiger partial charge on any atom is 0.184 e. The zero-order chi connectivity index (χ0) is 15.4. The normalized spacial score (nSPS) is 10.6. The third-order valence-corrected chi connectivity index (χ3v) is 3.54. The Morgan fingerprint density at radius 1 is 1.09 bits per heavy atom. The van der Waals surface area contributed by atoms with Crippen molar-refractivity contribution in [3.05, 3.63) is 48.7 Å². The number of benzene rings is 2. The van der Waals surface area contributed by atoms with Crippen LogP contribution in [0.3, 0.4) is 0 Å². The van der Waals surface area contributed by atoms with E-state index < -0.39 is 0 Å². The van der Waals surface area contributed by atoms with Crippen molar-refractivity contribution in [2.45, 2.75) is 0 Å². The number of H-pyrrole nitrogens is 1. The number of aromatic amines is 1. The molecule has 0 aliphatic heterocycles. The van der Waals surface area contributed by atoms with E-state index >= 15 is 0 Å². The summed E-state index contributed by atoms with van der Waals surface area (Å²) >= 11 is 5.68. The Labute approximate surface area is 134 Å². The molecule has 0 fully saturated rings. The Bertz CT molecular complexity index is 770. The maximum absolute atomic E-state index is 5.68. The first-order valence-electron chi connectivity index (χ1n) is 7.02. The van der Waals surface area contributed by atoms with Crippen LogP contribution in [0.25, 0.3) is 10.9 Å². The van der Waals surface area contributed by atoms with Gasteiger partial charge in [-0.3, -0.25) is 0 Å². The zero-order valence-electron chi connectivity index (χ0n) is 12.2. The molecule has 2 N–H and O–H groups in total. The van der Waals surface area contributed by atoms with E-state index in [-0.39, 0.29) is 0 Å². The second kappa shape index (κ2) is 6.62. The van der Waals surface area contributed by atoms with Gasteiger partial charge >= 0.3 is 0 Å². The van der Waals surface area contributed by atoms with Crippen LogP contribution in [0.4, 0.5) is 11.4 Å². The highest BCUT2D eigenvalue weighted by molar-refractivity contribution is 6.18. The topological polar surface area (TPSA) is 46.3 Å². The van der Waals surface area contributed by atoms with E-state index in [1.165, 1.54) is 0 Å². The van der Waals surface area contributed by atoms with Crippen LogP contribution in [-0.4, -0.2) is 24.6 Å². The van der Waals surface area contributed by atoms with Crippen LogP contribution in [0.2, 0.25) is 0 Å². The molecule has 0 radical (unpaired) electrons. The Balaban J connectivity index is 1.96. The number of fused-ring (bicyclic) bond motifs is 1. The van der Waals surface area contributed by atoms with Crippen LogP contribution in [-0.2, 0) is 0 Å². The summed E-state index contributed by atoms with van der Waals surface area (Å²) in [5.41, 5.74) is 2.94. The first kappa shape index (κ1) is 14.6. The lowest BCUT2D eigenvalue weighted by atomic mass is 10.2. The minimum Gasteiger partial charge on any atom is -0.491 e. The van der Waals surface area contributed by atoms with Crippen LogP contribution in [0.1, 0.15) is 0 Å². The smallest absolute Gasteiger partial charge is 0.184 e. The number of ether oxygens (including phenoxy) is 2. The third-order valence-electron chi connectivity index (χ3n) is 3.38.